The predicted octanol–water partition coefficient (Wildman–Crippen LogP) is 2.01. The molecule has 2 N–H and O–H groups in total. The fraction of sp³-hybridized carbons (Fsp3) is 0.786. The molecule has 1 fully saturated rings. The molecule has 2 aliphatic rings. The lowest BCUT2D eigenvalue weighted by molar-refractivity contribution is -0.123. The van der Waals surface area contributed by atoms with Gasteiger partial charge >= 0.3 is 0 Å². The third-order valence-corrected chi connectivity index (χ3v) is 4.34. The van der Waals surface area contributed by atoms with Crippen molar-refractivity contribution in [1.29, 1.82) is 0 Å². The Balaban J connectivity index is 1.83. The van der Waals surface area contributed by atoms with Crippen molar-refractivity contribution in [3.8, 4) is 0 Å². The van der Waals surface area contributed by atoms with Gasteiger partial charge in [-0.15, -0.1) is 0 Å². The molecule has 0 aromatic rings. The first kappa shape index (κ1) is 12.6. The highest BCUT2D eigenvalue weighted by atomic mass is 16.3. The summed E-state index contributed by atoms with van der Waals surface area (Å²) in [6, 6.07) is 0.158. The summed E-state index contributed by atoms with van der Waals surface area (Å²) in [5.41, 5.74) is -0.110. The number of nitrogens with one attached hydrogen (secondary N) is 1. The molecule has 0 aliphatic heterocycles. The van der Waals surface area contributed by atoms with Crippen LogP contribution in [0.15, 0.2) is 12.2 Å². The zero-order chi connectivity index (χ0) is 12.3. The molecule has 17 heavy (non-hydrogen) atoms. The van der Waals surface area contributed by atoms with Crippen LogP contribution in [0.4, 0.5) is 0 Å². The van der Waals surface area contributed by atoms with Crippen molar-refractivity contribution in [2.75, 3.05) is 6.61 Å². The monoisotopic (exact) mass is 237 g/mol. The summed E-state index contributed by atoms with van der Waals surface area (Å²) in [7, 11) is 0. The normalized spacial score (nSPS) is 36.4. The number of amides is 1. The highest BCUT2D eigenvalue weighted by Crippen LogP contribution is 2.37. The Hall–Kier alpha value is -0.830. The van der Waals surface area contributed by atoms with E-state index in [9.17, 15) is 9.90 Å². The largest absolute Gasteiger partial charge is 0.396 e. The van der Waals surface area contributed by atoms with Crippen molar-refractivity contribution < 1.29 is 9.90 Å². The number of aliphatic hydroxyl groups is 1. The maximum atomic E-state index is 11.9. The van der Waals surface area contributed by atoms with Gasteiger partial charge in [-0.2, -0.15) is 0 Å². The summed E-state index contributed by atoms with van der Waals surface area (Å²) in [6.07, 6.45) is 10.2. The average Bonchev–Trinajstić information content (AvgIpc) is 2.91. The molecular formula is C14H23NO2. The number of carbonyl (C=O) groups is 1. The second-order valence-corrected chi connectivity index (χ2v) is 5.79. The third kappa shape index (κ3) is 2.89. The van der Waals surface area contributed by atoms with E-state index in [1.165, 1.54) is 0 Å². The molecule has 0 unspecified atom stereocenters. The fourth-order valence-electron chi connectivity index (χ4n) is 3.03. The first-order chi connectivity index (χ1) is 8.14. The fourth-order valence-corrected chi connectivity index (χ4v) is 3.03. The van der Waals surface area contributed by atoms with Crippen molar-refractivity contribution >= 4 is 5.91 Å². The Bertz CT molecular complexity index is 313. The van der Waals surface area contributed by atoms with Crippen molar-refractivity contribution in [3.05, 3.63) is 12.2 Å². The molecule has 1 saturated carbocycles. The standard InChI is InChI=1S/C14H23NO2/c1-14(10-16)8-4-7-12(14)15-13(17)9-11-5-2-3-6-11/h2,5,11-12,16H,3-4,6-10H2,1H3,(H,15,17)/t11-,12-,14+/m0/s1. The smallest absolute Gasteiger partial charge is 0.220 e. The Morgan fingerprint density at radius 1 is 1.53 bits per heavy atom. The number of rotatable bonds is 4. The van der Waals surface area contributed by atoms with Gasteiger partial charge in [-0.25, -0.2) is 0 Å². The van der Waals surface area contributed by atoms with Gasteiger partial charge in [0, 0.05) is 17.9 Å². The molecular weight excluding hydrogens is 214 g/mol. The molecule has 0 saturated heterocycles. The van der Waals surface area contributed by atoms with Crippen molar-refractivity contribution in [3.63, 3.8) is 0 Å². The van der Waals surface area contributed by atoms with Crippen LogP contribution >= 0.6 is 0 Å². The van der Waals surface area contributed by atoms with E-state index in [1.54, 1.807) is 0 Å². The van der Waals surface area contributed by atoms with E-state index in [0.29, 0.717) is 12.3 Å². The quantitative estimate of drug-likeness (QED) is 0.735. The number of hydrogen-bond donors (Lipinski definition) is 2. The van der Waals surface area contributed by atoms with Crippen LogP contribution in [0.3, 0.4) is 0 Å². The summed E-state index contributed by atoms with van der Waals surface area (Å²) in [5, 5.41) is 12.5. The van der Waals surface area contributed by atoms with E-state index >= 15 is 0 Å². The summed E-state index contributed by atoms with van der Waals surface area (Å²) in [4.78, 5) is 11.9. The zero-order valence-corrected chi connectivity index (χ0v) is 10.6. The van der Waals surface area contributed by atoms with Crippen LogP contribution in [-0.2, 0) is 4.79 Å². The van der Waals surface area contributed by atoms with E-state index < -0.39 is 0 Å². The minimum Gasteiger partial charge on any atom is -0.396 e. The molecule has 0 heterocycles. The van der Waals surface area contributed by atoms with Crippen LogP contribution in [0, 0.1) is 11.3 Å². The van der Waals surface area contributed by atoms with Gasteiger partial charge in [0.15, 0.2) is 0 Å². The summed E-state index contributed by atoms with van der Waals surface area (Å²) >= 11 is 0. The highest BCUT2D eigenvalue weighted by Gasteiger charge is 2.39. The van der Waals surface area contributed by atoms with E-state index in [0.717, 1.165) is 32.1 Å². The van der Waals surface area contributed by atoms with Crippen molar-refractivity contribution in [1.82, 2.24) is 5.32 Å². The molecule has 3 atom stereocenters. The Labute approximate surface area is 103 Å². The molecule has 3 heteroatoms. The lowest BCUT2D eigenvalue weighted by atomic mass is 9.85. The first-order valence-electron chi connectivity index (χ1n) is 6.71. The molecule has 0 radical (unpaired) electrons. The van der Waals surface area contributed by atoms with Gasteiger partial charge < -0.3 is 10.4 Å². The first-order valence-corrected chi connectivity index (χ1v) is 6.71. The third-order valence-electron chi connectivity index (χ3n) is 4.34. The van der Waals surface area contributed by atoms with E-state index in [-0.39, 0.29) is 24.0 Å². The topological polar surface area (TPSA) is 49.3 Å². The maximum absolute atomic E-state index is 11.9. The SMILES string of the molecule is C[C@]1(CO)CCC[C@@H]1NC(=O)C[C@H]1C=CCC1. The number of hydrogen-bond acceptors (Lipinski definition) is 2. The molecule has 3 nitrogen and oxygen atoms in total. The second-order valence-electron chi connectivity index (χ2n) is 5.79. The average molecular weight is 237 g/mol. The molecule has 0 aromatic heterocycles. The van der Waals surface area contributed by atoms with E-state index in [4.69, 9.17) is 0 Å². The van der Waals surface area contributed by atoms with Crippen LogP contribution in [-0.4, -0.2) is 23.7 Å². The van der Waals surface area contributed by atoms with Crippen LogP contribution in [0.5, 0.6) is 0 Å². The molecule has 2 rings (SSSR count). The molecule has 96 valence electrons. The molecule has 2 aliphatic carbocycles. The van der Waals surface area contributed by atoms with Gasteiger partial charge in [-0.1, -0.05) is 25.5 Å². The predicted molar refractivity (Wildman–Crippen MR) is 67.5 cm³/mol. The highest BCUT2D eigenvalue weighted by molar-refractivity contribution is 5.77. The summed E-state index contributed by atoms with van der Waals surface area (Å²) < 4.78 is 0. The molecule has 0 aromatic carbocycles. The van der Waals surface area contributed by atoms with Crippen LogP contribution < -0.4 is 5.32 Å². The van der Waals surface area contributed by atoms with Crippen LogP contribution in [0.1, 0.15) is 45.4 Å². The van der Waals surface area contributed by atoms with Gasteiger partial charge in [0.2, 0.25) is 5.91 Å². The number of carbonyl (C=O) groups excluding carboxylic acids is 1. The van der Waals surface area contributed by atoms with E-state index in [2.05, 4.69) is 24.4 Å². The minimum atomic E-state index is -0.110. The van der Waals surface area contributed by atoms with Crippen molar-refractivity contribution in [2.24, 2.45) is 11.3 Å². The summed E-state index contributed by atoms with van der Waals surface area (Å²) in [6.45, 7) is 2.24. The Kier molecular flexibility index (Phi) is 3.87. The lowest BCUT2D eigenvalue weighted by Crippen LogP contribution is -2.45. The minimum absolute atomic E-state index is 0.110. The van der Waals surface area contributed by atoms with Gasteiger partial charge in [0.25, 0.3) is 0 Å². The van der Waals surface area contributed by atoms with Gasteiger partial charge in [0.05, 0.1) is 6.61 Å². The molecule has 1 amide bonds. The van der Waals surface area contributed by atoms with Crippen LogP contribution in [0.2, 0.25) is 0 Å². The Morgan fingerprint density at radius 2 is 2.35 bits per heavy atom. The maximum Gasteiger partial charge on any atom is 0.220 e. The summed E-state index contributed by atoms with van der Waals surface area (Å²) in [5.74, 6) is 0.574. The number of allylic oxidation sites excluding steroid dienone is 2. The van der Waals surface area contributed by atoms with Gasteiger partial charge in [0.1, 0.15) is 0 Å². The van der Waals surface area contributed by atoms with Crippen molar-refractivity contribution in [2.45, 2.75) is 51.5 Å². The van der Waals surface area contributed by atoms with Gasteiger partial charge in [-0.05, 0) is 31.6 Å². The zero-order valence-electron chi connectivity index (χ0n) is 10.6. The van der Waals surface area contributed by atoms with Crippen LogP contribution in [0.25, 0.3) is 0 Å². The van der Waals surface area contributed by atoms with Gasteiger partial charge in [-0.3, -0.25) is 4.79 Å². The molecule has 0 bridgehead atoms. The molecule has 0 spiro atoms. The Morgan fingerprint density at radius 3 is 3.00 bits per heavy atom. The lowest BCUT2D eigenvalue weighted by Gasteiger charge is -2.30. The number of aliphatic hydroxyl groups excluding tert-OH is 1. The van der Waals surface area contributed by atoms with E-state index in [1.807, 2.05) is 0 Å². The second kappa shape index (κ2) is 5.21.